The molecule has 0 unspecified atom stereocenters. The van der Waals surface area contributed by atoms with Crippen LogP contribution in [0, 0.1) is 0 Å². The lowest BCUT2D eigenvalue weighted by molar-refractivity contribution is 0.660. The minimum atomic E-state index is -0.108. The van der Waals surface area contributed by atoms with E-state index >= 15 is 0 Å². The van der Waals surface area contributed by atoms with Crippen LogP contribution >= 0.6 is 0 Å². The summed E-state index contributed by atoms with van der Waals surface area (Å²) in [6, 6.07) is 63.9. The number of furan rings is 1. The van der Waals surface area contributed by atoms with Gasteiger partial charge in [0.05, 0.1) is 16.7 Å². The summed E-state index contributed by atoms with van der Waals surface area (Å²) in [4.78, 5) is 15.5. The van der Waals surface area contributed by atoms with Gasteiger partial charge in [0, 0.05) is 43.7 Å². The first-order chi connectivity index (χ1) is 29.0. The molecule has 0 spiro atoms. The molecule has 5 heteroatoms. The Balaban J connectivity index is 1.11. The lowest BCUT2D eigenvalue weighted by Gasteiger charge is -2.21. The summed E-state index contributed by atoms with van der Waals surface area (Å²) in [5.74, 6) is 1.81. The van der Waals surface area contributed by atoms with Gasteiger partial charge in [-0.3, -0.25) is 0 Å². The van der Waals surface area contributed by atoms with E-state index in [0.29, 0.717) is 17.5 Å². The maximum atomic E-state index is 6.94. The van der Waals surface area contributed by atoms with Crippen molar-refractivity contribution >= 4 is 43.7 Å². The maximum Gasteiger partial charge on any atom is 0.164 e. The van der Waals surface area contributed by atoms with Crippen LogP contribution in [0.1, 0.15) is 25.0 Å². The number of para-hydroxylation sites is 2. The largest absolute Gasteiger partial charge is 0.454 e. The van der Waals surface area contributed by atoms with Crippen molar-refractivity contribution in [1.29, 1.82) is 0 Å². The van der Waals surface area contributed by atoms with Crippen LogP contribution in [-0.4, -0.2) is 19.5 Å². The molecule has 1 aliphatic carbocycles. The van der Waals surface area contributed by atoms with E-state index in [9.17, 15) is 0 Å². The van der Waals surface area contributed by atoms with Gasteiger partial charge in [0.25, 0.3) is 0 Å². The minimum absolute atomic E-state index is 0.108. The molecule has 0 N–H and O–H groups in total. The molecule has 3 heterocycles. The first-order valence-corrected chi connectivity index (χ1v) is 20.1. The van der Waals surface area contributed by atoms with E-state index in [4.69, 9.17) is 19.4 Å². The maximum absolute atomic E-state index is 6.94. The number of hydrogen-bond donors (Lipinski definition) is 0. The van der Waals surface area contributed by atoms with E-state index in [2.05, 4.69) is 152 Å². The zero-order valence-corrected chi connectivity index (χ0v) is 32.5. The summed E-state index contributed by atoms with van der Waals surface area (Å²) in [7, 11) is 0. The molecule has 278 valence electrons. The molecule has 12 rings (SSSR count). The van der Waals surface area contributed by atoms with Gasteiger partial charge in [-0.15, -0.1) is 0 Å². The van der Waals surface area contributed by atoms with Crippen molar-refractivity contribution in [2.24, 2.45) is 0 Å². The third-order valence-corrected chi connectivity index (χ3v) is 12.3. The van der Waals surface area contributed by atoms with Crippen LogP contribution in [0.2, 0.25) is 0 Å². The van der Waals surface area contributed by atoms with Crippen LogP contribution in [0.4, 0.5) is 0 Å². The van der Waals surface area contributed by atoms with Crippen LogP contribution in [0.15, 0.2) is 186 Å². The molecule has 0 atom stereocenters. The highest BCUT2D eigenvalue weighted by molar-refractivity contribution is 6.20. The van der Waals surface area contributed by atoms with Crippen molar-refractivity contribution < 1.29 is 4.42 Å². The molecule has 0 saturated carbocycles. The lowest BCUT2D eigenvalue weighted by Crippen LogP contribution is -2.14. The van der Waals surface area contributed by atoms with Crippen molar-refractivity contribution in [3.8, 4) is 62.1 Å². The molecule has 11 aromatic rings. The van der Waals surface area contributed by atoms with Gasteiger partial charge in [-0.2, -0.15) is 0 Å². The van der Waals surface area contributed by atoms with Crippen molar-refractivity contribution in [1.82, 2.24) is 19.5 Å². The second-order valence-electron chi connectivity index (χ2n) is 16.0. The van der Waals surface area contributed by atoms with Crippen LogP contribution < -0.4 is 0 Å². The zero-order chi connectivity index (χ0) is 39.2. The summed E-state index contributed by atoms with van der Waals surface area (Å²) < 4.78 is 9.33. The molecule has 0 amide bonds. The van der Waals surface area contributed by atoms with E-state index < -0.39 is 0 Å². The smallest absolute Gasteiger partial charge is 0.164 e. The van der Waals surface area contributed by atoms with Crippen molar-refractivity contribution in [3.63, 3.8) is 0 Å². The van der Waals surface area contributed by atoms with Gasteiger partial charge in [0.15, 0.2) is 23.1 Å². The number of nitrogens with zero attached hydrogens (tertiary/aromatic N) is 4. The molecular formula is C54H36N4O. The van der Waals surface area contributed by atoms with E-state index in [-0.39, 0.29) is 5.41 Å². The highest BCUT2D eigenvalue weighted by Crippen LogP contribution is 2.53. The van der Waals surface area contributed by atoms with Gasteiger partial charge in [-0.05, 0) is 63.7 Å². The van der Waals surface area contributed by atoms with Gasteiger partial charge in [-0.25, -0.2) is 15.0 Å². The van der Waals surface area contributed by atoms with Gasteiger partial charge in [0.2, 0.25) is 0 Å². The first-order valence-electron chi connectivity index (χ1n) is 20.1. The average Bonchev–Trinajstić information content (AvgIpc) is 3.93. The Bertz CT molecular complexity index is 3450. The van der Waals surface area contributed by atoms with E-state index in [1.54, 1.807) is 0 Å². The number of aromatic nitrogens is 4. The summed E-state index contributed by atoms with van der Waals surface area (Å²) in [6.07, 6.45) is 0. The van der Waals surface area contributed by atoms with Gasteiger partial charge in [-0.1, -0.05) is 166 Å². The van der Waals surface area contributed by atoms with E-state index in [0.717, 1.165) is 66.5 Å². The van der Waals surface area contributed by atoms with Gasteiger partial charge >= 0.3 is 0 Å². The van der Waals surface area contributed by atoms with Crippen LogP contribution in [0.3, 0.4) is 0 Å². The fraction of sp³-hybridized carbons (Fsp3) is 0.0556. The third-order valence-electron chi connectivity index (χ3n) is 12.3. The second-order valence-corrected chi connectivity index (χ2v) is 16.0. The summed E-state index contributed by atoms with van der Waals surface area (Å²) >= 11 is 0. The summed E-state index contributed by atoms with van der Waals surface area (Å²) in [6.45, 7) is 4.68. The Morgan fingerprint density at radius 2 is 1.02 bits per heavy atom. The highest BCUT2D eigenvalue weighted by Gasteiger charge is 2.37. The molecule has 0 aliphatic heterocycles. The number of rotatable bonds is 5. The van der Waals surface area contributed by atoms with Crippen LogP contribution in [0.5, 0.6) is 0 Å². The van der Waals surface area contributed by atoms with Gasteiger partial charge < -0.3 is 8.98 Å². The quantitative estimate of drug-likeness (QED) is 0.175. The third kappa shape index (κ3) is 5.01. The fourth-order valence-corrected chi connectivity index (χ4v) is 9.47. The molecule has 0 fully saturated rings. The number of benzene rings is 8. The van der Waals surface area contributed by atoms with Crippen LogP contribution in [0.25, 0.3) is 106 Å². The molecule has 3 aromatic heterocycles. The average molecular weight is 757 g/mol. The number of hydrogen-bond acceptors (Lipinski definition) is 4. The molecule has 8 aromatic carbocycles. The number of fused-ring (bicyclic) bond motifs is 10. The fourth-order valence-electron chi connectivity index (χ4n) is 9.47. The Morgan fingerprint density at radius 3 is 1.80 bits per heavy atom. The Kier molecular flexibility index (Phi) is 7.20. The van der Waals surface area contributed by atoms with Crippen LogP contribution in [-0.2, 0) is 5.41 Å². The Labute approximate surface area is 340 Å². The topological polar surface area (TPSA) is 56.7 Å². The predicted octanol–water partition coefficient (Wildman–Crippen LogP) is 13.8. The molecule has 0 saturated heterocycles. The Morgan fingerprint density at radius 1 is 0.424 bits per heavy atom. The SMILES string of the molecule is CC1(C)c2ccccc2-c2c1ccc1c2c2ccccc2n1-c1ccc(-c2nc(-c3ccccc3)nc(-c3ccc(-c4ccccc4)cc3)n2)c2c1oc1ccccc12. The monoisotopic (exact) mass is 756 g/mol. The van der Waals surface area contributed by atoms with Crippen molar-refractivity contribution in [2.75, 3.05) is 0 Å². The normalized spacial score (nSPS) is 13.1. The van der Waals surface area contributed by atoms with Gasteiger partial charge in [0.1, 0.15) is 5.58 Å². The van der Waals surface area contributed by atoms with Crippen molar-refractivity contribution in [2.45, 2.75) is 19.3 Å². The van der Waals surface area contributed by atoms with E-state index in [1.807, 2.05) is 48.5 Å². The lowest BCUT2D eigenvalue weighted by atomic mass is 9.82. The zero-order valence-electron chi connectivity index (χ0n) is 32.5. The molecule has 1 aliphatic rings. The summed E-state index contributed by atoms with van der Waals surface area (Å²) in [5.41, 5.74) is 15.1. The van der Waals surface area contributed by atoms with Crippen molar-refractivity contribution in [3.05, 3.63) is 193 Å². The standard InChI is InChI=1S/C54H36N4O/c1-54(2)41-22-12-9-19-37(41)48-42(54)30-32-44-49(48)38-20-10-13-23-43(38)58(44)45-31-29-40(47-39-21-11-14-24-46(39)59-50(45)47)53-56-51(35-17-7-4-8-18-35)55-52(57-53)36-27-25-34(26-28-36)33-15-5-3-6-16-33/h3-32H,1-2H3. The molecular weight excluding hydrogens is 721 g/mol. The minimum Gasteiger partial charge on any atom is -0.454 e. The molecule has 5 nitrogen and oxygen atoms in total. The molecule has 0 bridgehead atoms. The predicted molar refractivity (Wildman–Crippen MR) is 241 cm³/mol. The molecule has 59 heavy (non-hydrogen) atoms. The Hall–Kier alpha value is -7.63. The summed E-state index contributed by atoms with van der Waals surface area (Å²) in [5, 5.41) is 4.45. The molecule has 0 radical (unpaired) electrons. The second kappa shape index (κ2) is 12.7. The highest BCUT2D eigenvalue weighted by atomic mass is 16.3. The first kappa shape index (κ1) is 33.5. The van der Waals surface area contributed by atoms with E-state index in [1.165, 1.54) is 33.0 Å².